The second-order valence-corrected chi connectivity index (χ2v) is 2.65. The fourth-order valence-electron chi connectivity index (χ4n) is 0.104. The molecule has 0 bridgehead atoms. The van der Waals surface area contributed by atoms with Gasteiger partial charge in [0.2, 0.25) is 0 Å². The first-order chi connectivity index (χ1) is 4.19. The fourth-order valence-corrected chi connectivity index (χ4v) is 0.313. The van der Waals surface area contributed by atoms with Crippen molar-refractivity contribution in [2.75, 3.05) is 0 Å². The molecule has 62 valence electrons. The molecule has 0 saturated carbocycles. The number of hydrogen-bond acceptors (Lipinski definition) is 3. The molecule has 0 unspecified atom stereocenters. The van der Waals surface area contributed by atoms with E-state index in [1.54, 1.807) is 0 Å². The molecular formula is C2H2F3NaO4S. The Hall–Kier alpha value is 0.210. The van der Waals surface area contributed by atoms with Crippen LogP contribution in [0.4, 0.5) is 12.7 Å². The molecule has 0 radical (unpaired) electrons. The second-order valence-electron chi connectivity index (χ2n) is 1.26. The monoisotopic (exact) mass is 202 g/mol. The van der Waals surface area contributed by atoms with Crippen LogP contribution in [0, 0.1) is 0 Å². The molecule has 0 aromatic rings. The molecule has 0 atom stereocenters. The molecule has 0 aliphatic rings. The van der Waals surface area contributed by atoms with E-state index in [9.17, 15) is 25.9 Å². The number of carboxylic acid groups (broad SMARTS) is 1. The van der Waals surface area contributed by atoms with Gasteiger partial charge in [-0.1, -0.05) is 3.89 Å². The minimum atomic E-state index is -6.33. The Kier molecular flexibility index (Phi) is 4.69. The maximum atomic E-state index is 11.5. The molecule has 11 heavy (non-hydrogen) atoms. The van der Waals surface area contributed by atoms with Gasteiger partial charge in [0, 0.05) is 0 Å². The third-order valence-electron chi connectivity index (χ3n) is 0.555. The zero-order chi connectivity index (χ0) is 8.58. The molecule has 9 heteroatoms. The Morgan fingerprint density at radius 3 is 1.64 bits per heavy atom. The topological polar surface area (TPSA) is 71.4 Å². The summed E-state index contributed by atoms with van der Waals surface area (Å²) >= 11 is 0. The normalized spacial score (nSPS) is 11.9. The van der Waals surface area contributed by atoms with E-state index in [0.717, 1.165) is 0 Å². The van der Waals surface area contributed by atoms with Crippen LogP contribution in [0.3, 0.4) is 0 Å². The van der Waals surface area contributed by atoms with Gasteiger partial charge in [-0.15, -0.1) is 0 Å². The summed E-state index contributed by atoms with van der Waals surface area (Å²) < 4.78 is 52.8. The van der Waals surface area contributed by atoms with Crippen molar-refractivity contribution in [1.29, 1.82) is 0 Å². The van der Waals surface area contributed by atoms with Crippen molar-refractivity contribution in [3.63, 3.8) is 0 Å². The van der Waals surface area contributed by atoms with Crippen LogP contribution in [0.15, 0.2) is 0 Å². The van der Waals surface area contributed by atoms with Gasteiger partial charge < -0.3 is 5.11 Å². The average molecular weight is 202 g/mol. The van der Waals surface area contributed by atoms with Gasteiger partial charge in [0.1, 0.15) is 0 Å². The summed E-state index contributed by atoms with van der Waals surface area (Å²) in [4.78, 5) is 9.30. The average Bonchev–Trinajstić information content (AvgIpc) is 1.62. The van der Waals surface area contributed by atoms with Crippen molar-refractivity contribution in [2.45, 2.75) is 5.25 Å². The molecule has 0 aromatic carbocycles. The van der Waals surface area contributed by atoms with E-state index >= 15 is 0 Å². The number of carboxylic acids is 1. The summed E-state index contributed by atoms with van der Waals surface area (Å²) in [6.07, 6.45) is 0. The van der Waals surface area contributed by atoms with Crippen molar-refractivity contribution < 1.29 is 31.0 Å². The Labute approximate surface area is 81.9 Å². The molecule has 0 aliphatic heterocycles. The van der Waals surface area contributed by atoms with Gasteiger partial charge in [-0.3, -0.25) is 0 Å². The van der Waals surface area contributed by atoms with Gasteiger partial charge in [-0.2, -0.15) is 17.2 Å². The van der Waals surface area contributed by atoms with E-state index in [2.05, 4.69) is 0 Å². The summed E-state index contributed by atoms with van der Waals surface area (Å²) in [7, 11) is -6.33. The van der Waals surface area contributed by atoms with Crippen molar-refractivity contribution in [3.8, 4) is 0 Å². The first-order valence-corrected chi connectivity index (χ1v) is 3.13. The molecule has 0 spiro atoms. The summed E-state index contributed by atoms with van der Waals surface area (Å²) in [6, 6.07) is 0. The summed E-state index contributed by atoms with van der Waals surface area (Å²) in [5.74, 6) is -3.03. The Morgan fingerprint density at radius 1 is 1.36 bits per heavy atom. The van der Waals surface area contributed by atoms with Gasteiger partial charge in [0.05, 0.1) is 0 Å². The van der Waals surface area contributed by atoms with Crippen molar-refractivity contribution >= 4 is 45.7 Å². The fraction of sp³-hybridized carbons (Fsp3) is 0.500. The standard InChI is InChI=1S/C2HF3O4S.Na.H/c3-2(4,1(6)7)10(5,8)9;;/h(H,6,7);;. The number of hydrogen-bond donors (Lipinski definition) is 1. The zero-order valence-corrected chi connectivity index (χ0v) is 5.03. The van der Waals surface area contributed by atoms with Crippen molar-refractivity contribution in [1.82, 2.24) is 0 Å². The summed E-state index contributed by atoms with van der Waals surface area (Å²) in [5.41, 5.74) is 0. The van der Waals surface area contributed by atoms with Gasteiger partial charge in [-0.25, -0.2) is 4.79 Å². The third kappa shape index (κ3) is 2.97. The molecule has 0 saturated heterocycles. The van der Waals surface area contributed by atoms with Gasteiger partial charge in [0.15, 0.2) is 0 Å². The number of aliphatic carboxylic acids is 1. The Morgan fingerprint density at radius 2 is 1.64 bits per heavy atom. The van der Waals surface area contributed by atoms with Crippen molar-refractivity contribution in [2.24, 2.45) is 0 Å². The van der Waals surface area contributed by atoms with E-state index in [4.69, 9.17) is 5.11 Å². The second kappa shape index (κ2) is 3.74. The molecule has 0 aliphatic carbocycles. The Balaban J connectivity index is 0. The van der Waals surface area contributed by atoms with Gasteiger partial charge in [-0.05, 0) is 0 Å². The van der Waals surface area contributed by atoms with E-state index in [1.807, 2.05) is 0 Å². The zero-order valence-electron chi connectivity index (χ0n) is 4.21. The van der Waals surface area contributed by atoms with Crippen LogP contribution in [-0.4, -0.2) is 54.3 Å². The van der Waals surface area contributed by atoms with Crippen LogP contribution < -0.4 is 0 Å². The van der Waals surface area contributed by atoms with Gasteiger partial charge >= 0.3 is 51.0 Å². The number of alkyl halides is 2. The molecule has 0 aromatic heterocycles. The molecule has 0 amide bonds. The minimum absolute atomic E-state index is 0. The number of rotatable bonds is 2. The molecule has 0 heterocycles. The van der Waals surface area contributed by atoms with E-state index in [-0.39, 0.29) is 29.6 Å². The molecule has 0 rings (SSSR count). The van der Waals surface area contributed by atoms with Crippen LogP contribution in [-0.2, 0) is 15.0 Å². The predicted molar refractivity (Wildman–Crippen MR) is 29.8 cm³/mol. The quantitative estimate of drug-likeness (QED) is 0.475. The van der Waals surface area contributed by atoms with Crippen LogP contribution in [0.5, 0.6) is 0 Å². The van der Waals surface area contributed by atoms with Crippen LogP contribution >= 0.6 is 0 Å². The third-order valence-corrected chi connectivity index (χ3v) is 1.34. The molecule has 1 N–H and O–H groups in total. The van der Waals surface area contributed by atoms with Crippen molar-refractivity contribution in [3.05, 3.63) is 0 Å². The molecule has 4 nitrogen and oxygen atoms in total. The van der Waals surface area contributed by atoms with E-state index in [1.165, 1.54) is 0 Å². The predicted octanol–water partition coefficient (Wildman–Crippen LogP) is -0.685. The maximum absolute atomic E-state index is 11.5. The van der Waals surface area contributed by atoms with Crippen LogP contribution in [0.1, 0.15) is 0 Å². The number of halogens is 3. The molecule has 0 fully saturated rings. The SMILES string of the molecule is O=C(O)C(F)(F)S(=O)(=O)F.[NaH]. The number of carbonyl (C=O) groups is 1. The Bertz CT molecular complexity index is 246. The van der Waals surface area contributed by atoms with Crippen LogP contribution in [0.25, 0.3) is 0 Å². The molecular weight excluding hydrogens is 200 g/mol. The summed E-state index contributed by atoms with van der Waals surface area (Å²) in [6.45, 7) is 0. The van der Waals surface area contributed by atoms with E-state index < -0.39 is 21.4 Å². The van der Waals surface area contributed by atoms with E-state index in [0.29, 0.717) is 0 Å². The summed E-state index contributed by atoms with van der Waals surface area (Å²) in [5, 5.41) is 2.07. The first-order valence-electron chi connectivity index (χ1n) is 1.75. The first kappa shape index (κ1) is 13.8. The van der Waals surface area contributed by atoms with Gasteiger partial charge in [0.25, 0.3) is 0 Å². The van der Waals surface area contributed by atoms with Crippen LogP contribution in [0.2, 0.25) is 0 Å².